The van der Waals surface area contributed by atoms with Gasteiger partial charge in [-0.15, -0.1) is 0 Å². The monoisotopic (exact) mass is 446 g/mol. The van der Waals surface area contributed by atoms with E-state index >= 15 is 0 Å². The molecule has 0 aliphatic carbocycles. The highest BCUT2D eigenvalue weighted by atomic mass is 16.5. The molecule has 0 amide bonds. The third kappa shape index (κ3) is 4.26. The fourth-order valence-electron chi connectivity index (χ4n) is 4.24. The Morgan fingerprint density at radius 3 is 2.09 bits per heavy atom. The molecule has 34 heavy (non-hydrogen) atoms. The van der Waals surface area contributed by atoms with E-state index in [0.29, 0.717) is 16.9 Å². The highest BCUT2D eigenvalue weighted by Crippen LogP contribution is 2.48. The fraction of sp³-hybridized carbons (Fsp3) is 0.0667. The van der Waals surface area contributed by atoms with Crippen molar-refractivity contribution in [2.75, 3.05) is 0 Å². The van der Waals surface area contributed by atoms with Gasteiger partial charge in [0.05, 0.1) is 5.92 Å². The molecule has 0 bridgehead atoms. The number of fused-ring (bicyclic) bond motifs is 1. The molecule has 4 aromatic carbocycles. The summed E-state index contributed by atoms with van der Waals surface area (Å²) in [5, 5.41) is 9.71. The summed E-state index contributed by atoms with van der Waals surface area (Å²) in [5.41, 5.74) is 3.62. The van der Waals surface area contributed by atoms with Crippen LogP contribution in [0.5, 0.6) is 11.5 Å². The van der Waals surface area contributed by atoms with Crippen LogP contribution in [0.1, 0.15) is 49.4 Å². The molecule has 1 heterocycles. The maximum atomic E-state index is 13.6. The normalized spacial score (nSPS) is 16.7. The van der Waals surface area contributed by atoms with E-state index in [9.17, 15) is 14.7 Å². The topological polar surface area (TPSA) is 63.6 Å². The van der Waals surface area contributed by atoms with Crippen LogP contribution in [0, 0.1) is 0 Å². The quantitative estimate of drug-likeness (QED) is 0.275. The summed E-state index contributed by atoms with van der Waals surface area (Å²) in [5.74, 6) is 0.106. The average molecular weight is 447 g/mol. The van der Waals surface area contributed by atoms with Crippen molar-refractivity contribution in [1.82, 2.24) is 0 Å². The number of rotatable bonds is 6. The Labute approximate surface area is 197 Å². The minimum absolute atomic E-state index is 0.0427. The molecule has 0 fully saturated rings. The van der Waals surface area contributed by atoms with Crippen LogP contribution in [0.25, 0.3) is 6.08 Å². The third-order valence-corrected chi connectivity index (χ3v) is 5.97. The molecule has 0 spiro atoms. The molecule has 1 aliphatic rings. The van der Waals surface area contributed by atoms with Crippen molar-refractivity contribution in [2.24, 2.45) is 0 Å². The lowest BCUT2D eigenvalue weighted by molar-refractivity contribution is 0.0895. The van der Waals surface area contributed by atoms with E-state index in [-0.39, 0.29) is 17.3 Å². The molecular formula is C30H22O4. The summed E-state index contributed by atoms with van der Waals surface area (Å²) >= 11 is 0. The van der Waals surface area contributed by atoms with Crippen LogP contribution in [-0.2, 0) is 0 Å². The Balaban J connectivity index is 1.51. The number of allylic oxidation sites excluding steroid dienone is 1. The predicted octanol–water partition coefficient (Wildman–Crippen LogP) is 6.39. The van der Waals surface area contributed by atoms with Gasteiger partial charge >= 0.3 is 0 Å². The Bertz CT molecular complexity index is 1360. The lowest BCUT2D eigenvalue weighted by Crippen LogP contribution is -2.19. The second-order valence-electron chi connectivity index (χ2n) is 8.20. The molecule has 2 atom stereocenters. The lowest BCUT2D eigenvalue weighted by atomic mass is 9.84. The zero-order valence-corrected chi connectivity index (χ0v) is 18.3. The molecule has 0 aromatic heterocycles. The molecule has 0 saturated heterocycles. The minimum atomic E-state index is -0.555. The van der Waals surface area contributed by atoms with Gasteiger partial charge in [-0.1, -0.05) is 84.9 Å². The second-order valence-corrected chi connectivity index (χ2v) is 8.20. The van der Waals surface area contributed by atoms with E-state index < -0.39 is 12.0 Å². The molecule has 1 aliphatic heterocycles. The molecular weight excluding hydrogens is 424 g/mol. The SMILES string of the molecule is O=C(C=Cc1ccc2c(c1)[C@H](C(=O)c1ccccc1)[C@@H](c1ccc(O)cc1)O2)c1ccccc1. The first kappa shape index (κ1) is 21.4. The van der Waals surface area contributed by atoms with Crippen LogP contribution in [0.4, 0.5) is 0 Å². The molecule has 0 saturated carbocycles. The Kier molecular flexibility index (Phi) is 5.79. The maximum absolute atomic E-state index is 13.6. The van der Waals surface area contributed by atoms with Gasteiger partial charge in [0, 0.05) is 16.7 Å². The van der Waals surface area contributed by atoms with Gasteiger partial charge in [0.1, 0.15) is 17.6 Å². The van der Waals surface area contributed by atoms with Gasteiger partial charge < -0.3 is 9.84 Å². The van der Waals surface area contributed by atoms with E-state index in [1.165, 1.54) is 0 Å². The van der Waals surface area contributed by atoms with Gasteiger partial charge in [-0.2, -0.15) is 0 Å². The lowest BCUT2D eigenvalue weighted by Gasteiger charge is -2.19. The summed E-state index contributed by atoms with van der Waals surface area (Å²) in [6.45, 7) is 0. The van der Waals surface area contributed by atoms with Crippen molar-refractivity contribution in [3.8, 4) is 11.5 Å². The fourth-order valence-corrected chi connectivity index (χ4v) is 4.24. The summed E-state index contributed by atoms with van der Waals surface area (Å²) in [6.07, 6.45) is 2.78. The van der Waals surface area contributed by atoms with Gasteiger partial charge in [0.2, 0.25) is 0 Å². The summed E-state index contributed by atoms with van der Waals surface area (Å²) < 4.78 is 6.24. The zero-order valence-electron chi connectivity index (χ0n) is 18.3. The highest BCUT2D eigenvalue weighted by Gasteiger charge is 2.40. The van der Waals surface area contributed by atoms with Crippen molar-refractivity contribution in [3.05, 3.63) is 137 Å². The predicted molar refractivity (Wildman–Crippen MR) is 131 cm³/mol. The molecule has 166 valence electrons. The highest BCUT2D eigenvalue weighted by molar-refractivity contribution is 6.07. The summed E-state index contributed by atoms with van der Waals surface area (Å²) in [7, 11) is 0. The minimum Gasteiger partial charge on any atom is -0.508 e. The van der Waals surface area contributed by atoms with Crippen LogP contribution in [-0.4, -0.2) is 16.7 Å². The van der Waals surface area contributed by atoms with Gasteiger partial charge in [-0.05, 0) is 41.5 Å². The van der Waals surface area contributed by atoms with Crippen LogP contribution >= 0.6 is 0 Å². The number of hydrogen-bond acceptors (Lipinski definition) is 4. The smallest absolute Gasteiger partial charge is 0.185 e. The van der Waals surface area contributed by atoms with Crippen molar-refractivity contribution < 1.29 is 19.4 Å². The average Bonchev–Trinajstić information content (AvgIpc) is 3.27. The molecule has 1 N–H and O–H groups in total. The number of ketones is 2. The number of phenolic OH excluding ortho intramolecular Hbond substituents is 1. The second kappa shape index (κ2) is 9.20. The van der Waals surface area contributed by atoms with Crippen molar-refractivity contribution in [2.45, 2.75) is 12.0 Å². The van der Waals surface area contributed by atoms with Gasteiger partial charge in [-0.25, -0.2) is 0 Å². The van der Waals surface area contributed by atoms with Gasteiger partial charge in [-0.3, -0.25) is 9.59 Å². The number of hydrogen-bond donors (Lipinski definition) is 1. The summed E-state index contributed by atoms with van der Waals surface area (Å²) in [6, 6.07) is 30.6. The molecule has 0 radical (unpaired) electrons. The van der Waals surface area contributed by atoms with Crippen molar-refractivity contribution in [3.63, 3.8) is 0 Å². The standard InChI is InChI=1S/C30H22O4/c31-24-15-13-23(14-16-24)30-28(29(33)22-9-5-2-6-10-22)25-19-20(12-18-27(25)34-30)11-17-26(32)21-7-3-1-4-8-21/h1-19,28,30-31H/t28-,30-/m1/s1. The molecule has 5 rings (SSSR count). The van der Waals surface area contributed by atoms with E-state index in [2.05, 4.69) is 0 Å². The molecule has 4 nitrogen and oxygen atoms in total. The van der Waals surface area contributed by atoms with Gasteiger partial charge in [0.25, 0.3) is 0 Å². The van der Waals surface area contributed by atoms with E-state index in [4.69, 9.17) is 4.74 Å². The Morgan fingerprint density at radius 2 is 1.41 bits per heavy atom. The van der Waals surface area contributed by atoms with Gasteiger partial charge in [0.15, 0.2) is 11.6 Å². The number of ether oxygens (including phenoxy) is 1. The number of carbonyl (C=O) groups is 2. The summed E-state index contributed by atoms with van der Waals surface area (Å²) in [4.78, 5) is 26.1. The first-order chi connectivity index (χ1) is 16.6. The van der Waals surface area contributed by atoms with Crippen molar-refractivity contribution >= 4 is 17.6 Å². The number of phenols is 1. The largest absolute Gasteiger partial charge is 0.508 e. The van der Waals surface area contributed by atoms with E-state index in [0.717, 1.165) is 16.7 Å². The molecule has 4 heteroatoms. The maximum Gasteiger partial charge on any atom is 0.185 e. The Hall–Kier alpha value is -4.44. The first-order valence-corrected chi connectivity index (χ1v) is 11.1. The Morgan fingerprint density at radius 1 is 0.765 bits per heavy atom. The first-order valence-electron chi connectivity index (χ1n) is 11.1. The van der Waals surface area contributed by atoms with Crippen LogP contribution in [0.3, 0.4) is 0 Å². The van der Waals surface area contributed by atoms with E-state index in [1.54, 1.807) is 60.7 Å². The number of Topliss-reactive ketones (excluding diaryl/α,β-unsaturated/α-hetero) is 1. The molecule has 0 unspecified atom stereocenters. The number of carbonyl (C=O) groups excluding carboxylic acids is 2. The van der Waals surface area contributed by atoms with Crippen LogP contribution in [0.2, 0.25) is 0 Å². The van der Waals surface area contributed by atoms with Crippen LogP contribution in [0.15, 0.2) is 109 Å². The third-order valence-electron chi connectivity index (χ3n) is 5.97. The number of benzene rings is 4. The number of aromatic hydroxyl groups is 1. The van der Waals surface area contributed by atoms with Crippen LogP contribution < -0.4 is 4.74 Å². The van der Waals surface area contributed by atoms with E-state index in [1.807, 2.05) is 54.6 Å². The molecule has 4 aromatic rings. The zero-order chi connectivity index (χ0) is 23.5. The van der Waals surface area contributed by atoms with Crippen molar-refractivity contribution in [1.29, 1.82) is 0 Å².